The molecule has 4 atom stereocenters. The van der Waals surface area contributed by atoms with E-state index < -0.39 is 16.3 Å². The van der Waals surface area contributed by atoms with Crippen molar-refractivity contribution in [3.8, 4) is 0 Å². The summed E-state index contributed by atoms with van der Waals surface area (Å²) in [6.45, 7) is 14.6. The second kappa shape index (κ2) is 10.4. The fourth-order valence-corrected chi connectivity index (χ4v) is 5.29. The molecule has 1 aromatic rings. The van der Waals surface area contributed by atoms with E-state index in [9.17, 15) is 8.76 Å². The summed E-state index contributed by atoms with van der Waals surface area (Å²) in [5.41, 5.74) is 3.23. The Kier molecular flexibility index (Phi) is 8.14. The van der Waals surface area contributed by atoms with E-state index in [4.69, 9.17) is 4.74 Å². The van der Waals surface area contributed by atoms with Crippen molar-refractivity contribution in [2.24, 2.45) is 11.8 Å². The molecule has 2 fully saturated rings. The Labute approximate surface area is 179 Å². The molecule has 2 aliphatic rings. The van der Waals surface area contributed by atoms with Gasteiger partial charge in [0.1, 0.15) is 0 Å². The highest BCUT2D eigenvalue weighted by Crippen LogP contribution is 2.35. The zero-order valence-corrected chi connectivity index (χ0v) is 19.2. The first kappa shape index (κ1) is 22.7. The van der Waals surface area contributed by atoms with Crippen LogP contribution in [-0.4, -0.2) is 59.1 Å². The second-order valence-electron chi connectivity index (χ2n) is 9.14. The average molecular weight is 422 g/mol. The van der Waals surface area contributed by atoms with E-state index in [2.05, 4.69) is 36.6 Å². The molecule has 0 aliphatic carbocycles. The number of hydrogen-bond donors (Lipinski definition) is 0. The van der Waals surface area contributed by atoms with Gasteiger partial charge in [-0.1, -0.05) is 25.1 Å². The van der Waals surface area contributed by atoms with Crippen LogP contribution in [0.1, 0.15) is 56.4 Å². The first-order valence-electron chi connectivity index (χ1n) is 11.1. The van der Waals surface area contributed by atoms with Crippen molar-refractivity contribution in [2.45, 2.75) is 58.3 Å². The number of piperidine rings is 1. The van der Waals surface area contributed by atoms with Crippen molar-refractivity contribution in [1.29, 1.82) is 0 Å². The van der Waals surface area contributed by atoms with Crippen LogP contribution in [0.25, 0.3) is 0 Å². The van der Waals surface area contributed by atoms with Crippen LogP contribution in [-0.2, 0) is 15.8 Å². The minimum Gasteiger partial charge on any atom is -0.772 e. The van der Waals surface area contributed by atoms with Gasteiger partial charge in [-0.2, -0.15) is 0 Å². The van der Waals surface area contributed by atoms with E-state index in [1.165, 1.54) is 12.1 Å². The zero-order chi connectivity index (χ0) is 21.0. The molecule has 1 unspecified atom stereocenters. The number of ether oxygens (including phenoxy) is 1. The monoisotopic (exact) mass is 421 g/mol. The summed E-state index contributed by atoms with van der Waals surface area (Å²) in [6, 6.07) is 6.03. The first-order valence-corrected chi connectivity index (χ1v) is 12.3. The number of hydrogen-bond acceptors (Lipinski definition) is 5. The Morgan fingerprint density at radius 3 is 2.62 bits per heavy atom. The summed E-state index contributed by atoms with van der Waals surface area (Å²) < 4.78 is 29.1. The lowest BCUT2D eigenvalue weighted by molar-refractivity contribution is 0.00280. The van der Waals surface area contributed by atoms with E-state index in [0.29, 0.717) is 17.9 Å². The van der Waals surface area contributed by atoms with Gasteiger partial charge in [0.05, 0.1) is 6.10 Å². The van der Waals surface area contributed by atoms with E-state index in [1.807, 2.05) is 12.1 Å². The summed E-state index contributed by atoms with van der Waals surface area (Å²) in [7, 11) is 0. The Balaban J connectivity index is 1.63. The Bertz CT molecular complexity index is 679. The van der Waals surface area contributed by atoms with Crippen molar-refractivity contribution in [3.63, 3.8) is 0 Å². The molecule has 0 aromatic heterocycles. The van der Waals surface area contributed by atoms with Crippen LogP contribution < -0.4 is 4.90 Å². The molecule has 0 amide bonds. The molecule has 164 valence electrons. The lowest BCUT2D eigenvalue weighted by Crippen LogP contribution is -2.44. The first-order chi connectivity index (χ1) is 13.8. The minimum absolute atomic E-state index is 0.312. The van der Waals surface area contributed by atoms with Crippen molar-refractivity contribution >= 4 is 16.8 Å². The number of rotatable bonds is 5. The standard InChI is InChI=1S/C23H38N2O3S/c1-17-10-13-28-19(3)15-24(14-17)16-21-8-11-25(12-9-21)23-18(2)6-5-7-22(23)20(4)29(26)27/h5-7,17,19-21H,8-16H2,1-4H3,(H,26,27)/p-1/t17-,19-,20+/m0/s1. The van der Waals surface area contributed by atoms with Gasteiger partial charge in [-0.15, -0.1) is 0 Å². The quantitative estimate of drug-likeness (QED) is 0.675. The van der Waals surface area contributed by atoms with Crippen molar-refractivity contribution in [2.75, 3.05) is 44.2 Å². The van der Waals surface area contributed by atoms with Crippen molar-refractivity contribution < 1.29 is 13.5 Å². The molecule has 6 heteroatoms. The largest absolute Gasteiger partial charge is 0.772 e. The Morgan fingerprint density at radius 2 is 1.93 bits per heavy atom. The van der Waals surface area contributed by atoms with Crippen molar-refractivity contribution in [3.05, 3.63) is 29.3 Å². The summed E-state index contributed by atoms with van der Waals surface area (Å²) in [5.74, 6) is 1.38. The highest BCUT2D eigenvalue weighted by molar-refractivity contribution is 7.79. The lowest BCUT2D eigenvalue weighted by atomic mass is 9.93. The minimum atomic E-state index is -2.10. The third kappa shape index (κ3) is 6.03. The van der Waals surface area contributed by atoms with Gasteiger partial charge in [0.2, 0.25) is 0 Å². The molecule has 29 heavy (non-hydrogen) atoms. The van der Waals surface area contributed by atoms with Gasteiger partial charge in [-0.05, 0) is 74.1 Å². The highest BCUT2D eigenvalue weighted by Gasteiger charge is 2.26. The molecule has 0 bridgehead atoms. The van der Waals surface area contributed by atoms with Gasteiger partial charge in [0.15, 0.2) is 0 Å². The molecule has 0 radical (unpaired) electrons. The SMILES string of the molecule is Cc1cccc([C@@H](C)S(=O)[O-])c1N1CCC(CN2C[C@@H](C)CCO[C@@H](C)C2)CC1. The fraction of sp³-hybridized carbons (Fsp3) is 0.739. The van der Waals surface area contributed by atoms with Crippen LogP contribution in [0.15, 0.2) is 18.2 Å². The summed E-state index contributed by atoms with van der Waals surface area (Å²) in [5, 5.41) is -0.480. The van der Waals surface area contributed by atoms with E-state index in [0.717, 1.165) is 63.3 Å². The highest BCUT2D eigenvalue weighted by atomic mass is 32.2. The average Bonchev–Trinajstić information content (AvgIpc) is 2.66. The fourth-order valence-electron chi connectivity index (χ4n) is 4.89. The smallest absolute Gasteiger partial charge is 0.0673 e. The third-order valence-electron chi connectivity index (χ3n) is 6.54. The Hall–Kier alpha value is -0.950. The topological polar surface area (TPSA) is 55.8 Å². The van der Waals surface area contributed by atoms with E-state index in [-0.39, 0.29) is 0 Å². The van der Waals surface area contributed by atoms with Gasteiger partial charge in [0.25, 0.3) is 0 Å². The van der Waals surface area contributed by atoms with Gasteiger partial charge < -0.3 is 19.1 Å². The summed E-state index contributed by atoms with van der Waals surface area (Å²) in [6.07, 6.45) is 3.77. The van der Waals surface area contributed by atoms with E-state index in [1.54, 1.807) is 6.92 Å². The molecule has 2 heterocycles. The number of benzene rings is 1. The Morgan fingerprint density at radius 1 is 1.21 bits per heavy atom. The second-order valence-corrected chi connectivity index (χ2v) is 10.4. The summed E-state index contributed by atoms with van der Waals surface area (Å²) in [4.78, 5) is 5.02. The van der Waals surface area contributed by atoms with Crippen LogP contribution in [0.4, 0.5) is 5.69 Å². The maximum atomic E-state index is 11.6. The van der Waals surface area contributed by atoms with E-state index >= 15 is 0 Å². The third-order valence-corrected chi connectivity index (χ3v) is 7.37. The predicted octanol–water partition coefficient (Wildman–Crippen LogP) is 3.90. The van der Waals surface area contributed by atoms with Crippen LogP contribution in [0.3, 0.4) is 0 Å². The number of aryl methyl sites for hydroxylation is 1. The molecule has 5 nitrogen and oxygen atoms in total. The lowest BCUT2D eigenvalue weighted by Gasteiger charge is -2.39. The van der Waals surface area contributed by atoms with Gasteiger partial charge in [0, 0.05) is 50.3 Å². The van der Waals surface area contributed by atoms with Gasteiger partial charge >= 0.3 is 0 Å². The van der Waals surface area contributed by atoms with Gasteiger partial charge in [-0.25, -0.2) is 0 Å². The van der Waals surface area contributed by atoms with Crippen LogP contribution in [0.5, 0.6) is 0 Å². The molecule has 3 rings (SSSR count). The summed E-state index contributed by atoms with van der Waals surface area (Å²) >= 11 is -2.10. The van der Waals surface area contributed by atoms with Crippen LogP contribution in [0, 0.1) is 18.8 Å². The molecule has 1 aromatic carbocycles. The molecule has 0 N–H and O–H groups in total. The number of para-hydroxylation sites is 1. The van der Waals surface area contributed by atoms with Crippen molar-refractivity contribution in [1.82, 2.24) is 4.90 Å². The van der Waals surface area contributed by atoms with Gasteiger partial charge in [-0.3, -0.25) is 4.21 Å². The normalized spacial score (nSPS) is 27.3. The maximum Gasteiger partial charge on any atom is 0.0673 e. The molecule has 0 spiro atoms. The van der Waals surface area contributed by atoms with Crippen LogP contribution >= 0.6 is 0 Å². The van der Waals surface area contributed by atoms with Crippen LogP contribution in [0.2, 0.25) is 0 Å². The molecular formula is C23H37N2O3S-. The molecule has 2 aliphatic heterocycles. The molecule has 0 saturated carbocycles. The molecular weight excluding hydrogens is 384 g/mol. The predicted molar refractivity (Wildman–Crippen MR) is 119 cm³/mol. The number of nitrogens with zero attached hydrogens (tertiary/aromatic N) is 2. The maximum absolute atomic E-state index is 11.6. The number of anilines is 1. The zero-order valence-electron chi connectivity index (χ0n) is 18.4. The molecule has 2 saturated heterocycles.